The number of furan rings is 1. The van der Waals surface area contributed by atoms with Crippen molar-refractivity contribution in [1.82, 2.24) is 4.90 Å². The van der Waals surface area contributed by atoms with E-state index in [-0.39, 0.29) is 22.1 Å². The van der Waals surface area contributed by atoms with E-state index in [4.69, 9.17) is 20.8 Å². The van der Waals surface area contributed by atoms with Gasteiger partial charge in [-0.2, -0.15) is 0 Å². The second kappa shape index (κ2) is 11.2. The zero-order chi connectivity index (χ0) is 25.8. The second-order valence-electron chi connectivity index (χ2n) is 7.41. The Kier molecular flexibility index (Phi) is 7.97. The van der Waals surface area contributed by atoms with Crippen LogP contribution in [0.4, 0.5) is 10.5 Å². The molecule has 0 unspecified atom stereocenters. The van der Waals surface area contributed by atoms with Crippen LogP contribution in [0.1, 0.15) is 23.0 Å². The second-order valence-corrected chi connectivity index (χ2v) is 9.67. The summed E-state index contributed by atoms with van der Waals surface area (Å²) < 4.78 is 11.5. The Morgan fingerprint density at radius 1 is 1.17 bits per heavy atom. The van der Waals surface area contributed by atoms with Crippen LogP contribution in [0.5, 0.6) is 0 Å². The van der Waals surface area contributed by atoms with Crippen LogP contribution in [0, 0.1) is 0 Å². The van der Waals surface area contributed by atoms with Crippen LogP contribution in [0.3, 0.4) is 0 Å². The number of hydrogen-bond donors (Lipinski definition) is 1. The number of halogens is 2. The monoisotopic (exact) mass is 588 g/mol. The van der Waals surface area contributed by atoms with Gasteiger partial charge in [0.25, 0.3) is 11.1 Å². The molecule has 1 saturated heterocycles. The summed E-state index contributed by atoms with van der Waals surface area (Å²) in [6, 6.07) is 15.1. The van der Waals surface area contributed by atoms with Crippen molar-refractivity contribution in [1.29, 1.82) is 0 Å². The third kappa shape index (κ3) is 5.72. The SMILES string of the molecule is CCOC(=O)c1cc(-c2ccc(/C=C3/SC(=O)N(CC(=O)Nc4ccccc4Br)C3=O)o2)ccc1Cl. The topological polar surface area (TPSA) is 106 Å². The molecule has 0 saturated carbocycles. The Hall–Kier alpha value is -3.34. The first-order valence-electron chi connectivity index (χ1n) is 10.6. The van der Waals surface area contributed by atoms with Crippen LogP contribution < -0.4 is 5.32 Å². The Morgan fingerprint density at radius 2 is 1.94 bits per heavy atom. The highest BCUT2D eigenvalue weighted by atomic mass is 79.9. The smallest absolute Gasteiger partial charge is 0.339 e. The maximum Gasteiger partial charge on any atom is 0.339 e. The van der Waals surface area contributed by atoms with Crippen molar-refractivity contribution in [2.75, 3.05) is 18.5 Å². The number of ether oxygens (including phenoxy) is 1. The molecular weight excluding hydrogens is 572 g/mol. The van der Waals surface area contributed by atoms with Crippen LogP contribution in [-0.2, 0) is 14.3 Å². The zero-order valence-electron chi connectivity index (χ0n) is 18.7. The summed E-state index contributed by atoms with van der Waals surface area (Å²) in [6.07, 6.45) is 1.43. The quantitative estimate of drug-likeness (QED) is 0.258. The molecule has 3 amide bonds. The number of nitrogens with one attached hydrogen (secondary N) is 1. The van der Waals surface area contributed by atoms with Crippen molar-refractivity contribution < 1.29 is 28.3 Å². The molecule has 0 radical (unpaired) electrons. The van der Waals surface area contributed by atoms with Crippen LogP contribution in [-0.4, -0.2) is 41.1 Å². The first kappa shape index (κ1) is 25.7. The minimum absolute atomic E-state index is 0.123. The molecule has 4 rings (SSSR count). The molecule has 0 aliphatic carbocycles. The van der Waals surface area contributed by atoms with Crippen molar-refractivity contribution >= 4 is 74.1 Å². The number of rotatable bonds is 7. The molecule has 8 nitrogen and oxygen atoms in total. The Bertz CT molecular complexity index is 1400. The summed E-state index contributed by atoms with van der Waals surface area (Å²) in [7, 11) is 0. The fourth-order valence-corrected chi connectivity index (χ4v) is 4.69. The van der Waals surface area contributed by atoms with Gasteiger partial charge in [0.05, 0.1) is 27.8 Å². The molecule has 184 valence electrons. The minimum atomic E-state index is -0.596. The summed E-state index contributed by atoms with van der Waals surface area (Å²) in [5.74, 6) is -0.906. The van der Waals surface area contributed by atoms with E-state index in [9.17, 15) is 19.2 Å². The molecule has 3 aromatic rings. The van der Waals surface area contributed by atoms with Crippen molar-refractivity contribution in [3.63, 3.8) is 0 Å². The number of esters is 1. The number of thioether (sulfide) groups is 1. The lowest BCUT2D eigenvalue weighted by molar-refractivity contribution is -0.127. The van der Waals surface area contributed by atoms with Gasteiger partial charge in [0, 0.05) is 16.1 Å². The summed E-state index contributed by atoms with van der Waals surface area (Å²) in [5, 5.41) is 2.36. The van der Waals surface area contributed by atoms with Crippen molar-refractivity contribution in [2.24, 2.45) is 0 Å². The lowest BCUT2D eigenvalue weighted by Crippen LogP contribution is -2.36. The number of anilines is 1. The summed E-state index contributed by atoms with van der Waals surface area (Å²) in [4.78, 5) is 50.7. The molecule has 1 aliphatic rings. The van der Waals surface area contributed by atoms with Gasteiger partial charge >= 0.3 is 5.97 Å². The molecule has 1 aliphatic heterocycles. The highest BCUT2D eigenvalue weighted by Gasteiger charge is 2.36. The van der Waals surface area contributed by atoms with E-state index in [0.717, 1.165) is 16.7 Å². The molecule has 0 spiro atoms. The zero-order valence-corrected chi connectivity index (χ0v) is 21.9. The number of para-hydroxylation sites is 1. The van der Waals surface area contributed by atoms with Gasteiger partial charge in [-0.1, -0.05) is 23.7 Å². The summed E-state index contributed by atoms with van der Waals surface area (Å²) in [6.45, 7) is 1.49. The number of amides is 3. The van der Waals surface area contributed by atoms with E-state index < -0.39 is 29.6 Å². The molecule has 11 heteroatoms. The molecule has 1 fully saturated rings. The molecule has 36 heavy (non-hydrogen) atoms. The van der Waals surface area contributed by atoms with Crippen molar-refractivity contribution in [3.8, 4) is 11.3 Å². The number of hydrogen-bond acceptors (Lipinski definition) is 7. The van der Waals surface area contributed by atoms with Crippen molar-refractivity contribution in [2.45, 2.75) is 6.92 Å². The minimum Gasteiger partial charge on any atom is -0.462 e. The molecule has 0 bridgehead atoms. The van der Waals surface area contributed by atoms with Gasteiger partial charge in [0.15, 0.2) is 0 Å². The Morgan fingerprint density at radius 3 is 2.69 bits per heavy atom. The van der Waals surface area contributed by atoms with Gasteiger partial charge in [0.1, 0.15) is 18.1 Å². The maximum atomic E-state index is 12.8. The number of carbonyl (C=O) groups is 4. The normalized spacial score (nSPS) is 14.4. The molecular formula is C25H18BrClN2O6S. The third-order valence-corrected chi connectivity index (χ3v) is 6.90. The lowest BCUT2D eigenvalue weighted by atomic mass is 10.1. The Balaban J connectivity index is 1.48. The largest absolute Gasteiger partial charge is 0.462 e. The molecule has 2 aromatic carbocycles. The predicted octanol–water partition coefficient (Wildman–Crippen LogP) is 6.21. The number of imide groups is 1. The van der Waals surface area contributed by atoms with Gasteiger partial charge in [-0.15, -0.1) is 0 Å². The van der Waals surface area contributed by atoms with E-state index >= 15 is 0 Å². The first-order valence-corrected chi connectivity index (χ1v) is 12.6. The number of nitrogens with zero attached hydrogens (tertiary/aromatic N) is 1. The van der Waals surface area contributed by atoms with Crippen LogP contribution in [0.15, 0.2) is 68.4 Å². The van der Waals surface area contributed by atoms with E-state index in [1.54, 1.807) is 61.5 Å². The van der Waals surface area contributed by atoms with E-state index in [1.807, 2.05) is 0 Å². The standard InChI is InChI=1S/C25H18BrClN2O6S/c1-2-34-24(32)16-11-14(7-9-18(16)27)20-10-8-15(35-20)12-21-23(31)29(25(33)36-21)13-22(30)28-19-6-4-3-5-17(19)26/h3-12H,2,13H2,1H3,(H,28,30)/b21-12+. The molecule has 1 N–H and O–H groups in total. The highest BCUT2D eigenvalue weighted by Crippen LogP contribution is 2.34. The van der Waals surface area contributed by atoms with Crippen LogP contribution >= 0.6 is 39.3 Å². The molecule has 0 atom stereocenters. The van der Waals surface area contributed by atoms with E-state index in [2.05, 4.69) is 21.2 Å². The highest BCUT2D eigenvalue weighted by molar-refractivity contribution is 9.10. The average Bonchev–Trinajstić information content (AvgIpc) is 3.41. The van der Waals surface area contributed by atoms with Gasteiger partial charge in [-0.3, -0.25) is 19.3 Å². The predicted molar refractivity (Wildman–Crippen MR) is 141 cm³/mol. The molecule has 2 heterocycles. The van der Waals surface area contributed by atoms with E-state index in [0.29, 0.717) is 27.2 Å². The molecule has 1 aromatic heterocycles. The van der Waals surface area contributed by atoms with Crippen LogP contribution in [0.2, 0.25) is 5.02 Å². The summed E-state index contributed by atoms with van der Waals surface area (Å²) >= 11 is 10.2. The fourth-order valence-electron chi connectivity index (χ4n) is 3.29. The van der Waals surface area contributed by atoms with Gasteiger partial charge in [0.2, 0.25) is 5.91 Å². The third-order valence-electron chi connectivity index (χ3n) is 4.97. The maximum absolute atomic E-state index is 12.8. The number of carbonyl (C=O) groups excluding carboxylic acids is 4. The fraction of sp³-hybridized carbons (Fsp3) is 0.120. The van der Waals surface area contributed by atoms with Crippen LogP contribution in [0.25, 0.3) is 17.4 Å². The summed E-state index contributed by atoms with van der Waals surface area (Å²) in [5.41, 5.74) is 1.32. The average molecular weight is 590 g/mol. The lowest BCUT2D eigenvalue weighted by Gasteiger charge is -2.13. The van der Waals surface area contributed by atoms with E-state index in [1.165, 1.54) is 6.08 Å². The van der Waals surface area contributed by atoms with Gasteiger partial charge in [-0.05, 0) is 77.1 Å². The van der Waals surface area contributed by atoms with Gasteiger partial charge in [-0.25, -0.2) is 4.79 Å². The van der Waals surface area contributed by atoms with Crippen molar-refractivity contribution in [3.05, 3.63) is 80.3 Å². The first-order chi connectivity index (χ1) is 17.3. The number of benzene rings is 2. The Labute approximate surface area is 223 Å². The van der Waals surface area contributed by atoms with Gasteiger partial charge < -0.3 is 14.5 Å².